The molecule has 0 radical (unpaired) electrons. The van der Waals surface area contributed by atoms with Crippen LogP contribution in [0.1, 0.15) is 32.4 Å². The third-order valence-corrected chi connectivity index (χ3v) is 4.44. The second-order valence-corrected chi connectivity index (χ2v) is 5.93. The monoisotopic (exact) mass is 245 g/mol. The molecule has 3 nitrogen and oxygen atoms in total. The number of rotatable bonds is 3. The minimum atomic E-state index is 0.690. The van der Waals surface area contributed by atoms with Crippen LogP contribution < -0.4 is 0 Å². The van der Waals surface area contributed by atoms with Gasteiger partial charge in [-0.05, 0) is 38.8 Å². The summed E-state index contributed by atoms with van der Waals surface area (Å²) in [5, 5.41) is 0. The Bertz CT molecular complexity index is 390. The molecule has 4 rings (SSSR count). The van der Waals surface area contributed by atoms with E-state index in [9.17, 15) is 0 Å². The van der Waals surface area contributed by atoms with E-state index in [1.807, 2.05) is 12.3 Å². The summed E-state index contributed by atoms with van der Waals surface area (Å²) in [5.41, 5.74) is 1.21. The summed E-state index contributed by atoms with van der Waals surface area (Å²) in [4.78, 5) is 9.77. The first-order valence-electron chi connectivity index (χ1n) is 7.14. The highest BCUT2D eigenvalue weighted by Gasteiger charge is 2.39. The first kappa shape index (κ1) is 12.1. The molecular formula is C15H23N3. The highest BCUT2D eigenvalue weighted by Crippen LogP contribution is 2.30. The lowest BCUT2D eigenvalue weighted by Gasteiger charge is -2.53. The third kappa shape index (κ3) is 2.29. The van der Waals surface area contributed by atoms with Crippen molar-refractivity contribution in [3.63, 3.8) is 0 Å². The van der Waals surface area contributed by atoms with Crippen molar-refractivity contribution in [3.8, 4) is 0 Å². The van der Waals surface area contributed by atoms with Gasteiger partial charge in [0.1, 0.15) is 0 Å². The van der Waals surface area contributed by atoms with Gasteiger partial charge in [0.2, 0.25) is 0 Å². The number of piperazine rings is 1. The predicted octanol–water partition coefficient (Wildman–Crippen LogP) is 2.14. The quantitative estimate of drug-likeness (QED) is 0.813. The molecule has 3 fully saturated rings. The zero-order chi connectivity index (χ0) is 12.5. The van der Waals surface area contributed by atoms with Gasteiger partial charge in [0.25, 0.3) is 0 Å². The van der Waals surface area contributed by atoms with E-state index >= 15 is 0 Å². The summed E-state index contributed by atoms with van der Waals surface area (Å²) >= 11 is 0. The van der Waals surface area contributed by atoms with Crippen molar-refractivity contribution < 1.29 is 0 Å². The summed E-state index contributed by atoms with van der Waals surface area (Å²) in [6.07, 6.45) is 4.64. The molecule has 0 N–H and O–H groups in total. The number of pyridine rings is 1. The van der Waals surface area contributed by atoms with Gasteiger partial charge in [-0.2, -0.15) is 0 Å². The Balaban J connectivity index is 1.67. The molecule has 0 spiro atoms. The van der Waals surface area contributed by atoms with Crippen LogP contribution in [0, 0.1) is 0 Å². The van der Waals surface area contributed by atoms with Gasteiger partial charge in [-0.1, -0.05) is 6.07 Å². The Kier molecular flexibility index (Phi) is 3.35. The highest BCUT2D eigenvalue weighted by atomic mass is 15.3. The number of nitrogens with zero attached hydrogens (tertiary/aromatic N) is 3. The molecule has 0 aromatic carbocycles. The van der Waals surface area contributed by atoms with E-state index in [0.717, 1.165) is 18.6 Å². The van der Waals surface area contributed by atoms with Crippen molar-refractivity contribution in [3.05, 3.63) is 30.1 Å². The van der Waals surface area contributed by atoms with E-state index < -0.39 is 0 Å². The molecule has 3 saturated heterocycles. The number of piperidine rings is 2. The van der Waals surface area contributed by atoms with Crippen molar-refractivity contribution in [2.24, 2.45) is 0 Å². The van der Waals surface area contributed by atoms with Crippen molar-refractivity contribution in [2.75, 3.05) is 13.1 Å². The molecule has 1 aromatic heterocycles. The first-order chi connectivity index (χ1) is 8.74. The fraction of sp³-hybridized carbons (Fsp3) is 0.667. The molecule has 4 heterocycles. The zero-order valence-electron chi connectivity index (χ0n) is 11.4. The molecule has 3 aliphatic heterocycles. The summed E-state index contributed by atoms with van der Waals surface area (Å²) in [7, 11) is 0. The van der Waals surface area contributed by atoms with E-state index in [-0.39, 0.29) is 0 Å². The van der Waals surface area contributed by atoms with Gasteiger partial charge in [0, 0.05) is 44.0 Å². The molecule has 0 amide bonds. The van der Waals surface area contributed by atoms with E-state index in [1.54, 1.807) is 0 Å². The van der Waals surface area contributed by atoms with Crippen LogP contribution in [0.5, 0.6) is 0 Å². The van der Waals surface area contributed by atoms with Crippen molar-refractivity contribution in [2.45, 2.75) is 51.4 Å². The fourth-order valence-electron chi connectivity index (χ4n) is 3.47. The number of hydrogen-bond donors (Lipinski definition) is 0. The van der Waals surface area contributed by atoms with Gasteiger partial charge in [0.05, 0.1) is 5.69 Å². The lowest BCUT2D eigenvalue weighted by Crippen LogP contribution is -2.63. The van der Waals surface area contributed by atoms with Crippen molar-refractivity contribution in [1.29, 1.82) is 0 Å². The number of fused-ring (bicyclic) bond motifs is 3. The second-order valence-electron chi connectivity index (χ2n) is 5.93. The van der Waals surface area contributed by atoms with E-state index in [4.69, 9.17) is 0 Å². The lowest BCUT2D eigenvalue weighted by molar-refractivity contribution is -0.0403. The minimum Gasteiger partial charge on any atom is -0.295 e. The third-order valence-electron chi connectivity index (χ3n) is 4.44. The molecule has 3 aliphatic rings. The van der Waals surface area contributed by atoms with Crippen molar-refractivity contribution in [1.82, 2.24) is 14.8 Å². The van der Waals surface area contributed by atoms with Crippen LogP contribution in [0.2, 0.25) is 0 Å². The Labute approximate surface area is 110 Å². The van der Waals surface area contributed by atoms with Crippen LogP contribution in [0.3, 0.4) is 0 Å². The number of aromatic nitrogens is 1. The normalized spacial score (nSPS) is 29.1. The molecule has 2 atom stereocenters. The first-order valence-corrected chi connectivity index (χ1v) is 7.14. The van der Waals surface area contributed by atoms with Crippen molar-refractivity contribution >= 4 is 0 Å². The maximum absolute atomic E-state index is 4.46. The van der Waals surface area contributed by atoms with Crippen LogP contribution in [0.4, 0.5) is 0 Å². The Morgan fingerprint density at radius 1 is 1.22 bits per heavy atom. The topological polar surface area (TPSA) is 19.4 Å². The minimum absolute atomic E-state index is 0.690. The Morgan fingerprint density at radius 3 is 2.67 bits per heavy atom. The van der Waals surface area contributed by atoms with Crippen LogP contribution in [0.15, 0.2) is 24.4 Å². The summed E-state index contributed by atoms with van der Waals surface area (Å²) in [5.74, 6) is 0. The fourth-order valence-corrected chi connectivity index (χ4v) is 3.47. The molecule has 2 bridgehead atoms. The highest BCUT2D eigenvalue weighted by molar-refractivity contribution is 5.05. The lowest BCUT2D eigenvalue weighted by atomic mass is 9.89. The molecule has 98 valence electrons. The number of hydrogen-bond acceptors (Lipinski definition) is 3. The smallest absolute Gasteiger partial charge is 0.0544 e. The maximum atomic E-state index is 4.46. The average molecular weight is 245 g/mol. The SMILES string of the molecule is CC(C)N1CC2CCC1CN2Cc1ccccn1. The van der Waals surface area contributed by atoms with Crippen LogP contribution >= 0.6 is 0 Å². The molecular weight excluding hydrogens is 222 g/mol. The molecule has 2 unspecified atom stereocenters. The van der Waals surface area contributed by atoms with Gasteiger partial charge in [-0.25, -0.2) is 0 Å². The molecule has 3 heteroatoms. The van der Waals surface area contributed by atoms with Crippen LogP contribution in [0.25, 0.3) is 0 Å². The van der Waals surface area contributed by atoms with Crippen LogP contribution in [-0.2, 0) is 6.54 Å². The van der Waals surface area contributed by atoms with Gasteiger partial charge >= 0.3 is 0 Å². The summed E-state index contributed by atoms with van der Waals surface area (Å²) in [6, 6.07) is 8.41. The zero-order valence-corrected chi connectivity index (χ0v) is 11.4. The standard InChI is InChI=1S/C15H23N3/c1-12(2)18-11-14-6-7-15(18)10-17(14)9-13-5-3-4-8-16-13/h3-5,8,12,14-15H,6-7,9-11H2,1-2H3. The molecule has 18 heavy (non-hydrogen) atoms. The molecule has 1 aromatic rings. The Hall–Kier alpha value is -0.930. The van der Waals surface area contributed by atoms with Gasteiger partial charge in [-0.15, -0.1) is 0 Å². The maximum Gasteiger partial charge on any atom is 0.0544 e. The average Bonchev–Trinajstić information content (AvgIpc) is 2.40. The van der Waals surface area contributed by atoms with Gasteiger partial charge in [0.15, 0.2) is 0 Å². The largest absolute Gasteiger partial charge is 0.295 e. The van der Waals surface area contributed by atoms with Gasteiger partial charge in [-0.3, -0.25) is 14.8 Å². The van der Waals surface area contributed by atoms with Gasteiger partial charge < -0.3 is 0 Å². The van der Waals surface area contributed by atoms with E-state index in [2.05, 4.69) is 40.8 Å². The summed E-state index contributed by atoms with van der Waals surface area (Å²) in [6.45, 7) is 8.14. The van der Waals surface area contributed by atoms with E-state index in [0.29, 0.717) is 6.04 Å². The Morgan fingerprint density at radius 2 is 2.06 bits per heavy atom. The van der Waals surface area contributed by atoms with E-state index in [1.165, 1.54) is 31.6 Å². The molecule has 0 saturated carbocycles. The predicted molar refractivity (Wildman–Crippen MR) is 73.3 cm³/mol. The van der Waals surface area contributed by atoms with Crippen LogP contribution in [-0.4, -0.2) is 46.0 Å². The second kappa shape index (κ2) is 4.98. The summed E-state index contributed by atoms with van der Waals surface area (Å²) < 4.78 is 0. The molecule has 0 aliphatic carbocycles.